The molecule has 0 unspecified atom stereocenters. The van der Waals surface area contributed by atoms with Gasteiger partial charge in [0.05, 0.1) is 6.61 Å². The molecule has 1 rings (SSSR count). The molecule has 1 aromatic rings. The van der Waals surface area contributed by atoms with Gasteiger partial charge in [0.1, 0.15) is 0 Å². The van der Waals surface area contributed by atoms with Crippen LogP contribution in [0.15, 0.2) is 10.8 Å². The summed E-state index contributed by atoms with van der Waals surface area (Å²) in [6.45, 7) is 1.68. The van der Waals surface area contributed by atoms with Crippen molar-refractivity contribution >= 4 is 5.97 Å². The standard InChI is InChI=1S/C7H7F2NO3/c1-2-12-7(11)4-5(6(8)9)13-3-10-4/h3,6H,2H2,1H3. The third kappa shape index (κ3) is 2.01. The normalized spacial score (nSPS) is 10.5. The molecule has 0 aliphatic heterocycles. The van der Waals surface area contributed by atoms with Crippen molar-refractivity contribution in [2.75, 3.05) is 6.61 Å². The van der Waals surface area contributed by atoms with Crippen LogP contribution in [0.2, 0.25) is 0 Å². The van der Waals surface area contributed by atoms with Crippen LogP contribution < -0.4 is 0 Å². The van der Waals surface area contributed by atoms with E-state index in [-0.39, 0.29) is 6.61 Å². The lowest BCUT2D eigenvalue weighted by atomic mass is 10.3. The van der Waals surface area contributed by atoms with E-state index >= 15 is 0 Å². The van der Waals surface area contributed by atoms with Crippen molar-refractivity contribution in [3.8, 4) is 0 Å². The Morgan fingerprint density at radius 2 is 2.46 bits per heavy atom. The maximum atomic E-state index is 12.1. The fraction of sp³-hybridized carbons (Fsp3) is 0.429. The van der Waals surface area contributed by atoms with E-state index in [2.05, 4.69) is 14.1 Å². The quantitative estimate of drug-likeness (QED) is 0.683. The highest BCUT2D eigenvalue weighted by atomic mass is 19.3. The van der Waals surface area contributed by atoms with Crippen LogP contribution in [0.4, 0.5) is 8.78 Å². The van der Waals surface area contributed by atoms with Crippen molar-refractivity contribution in [3.05, 3.63) is 17.8 Å². The maximum Gasteiger partial charge on any atom is 0.360 e. The highest BCUT2D eigenvalue weighted by molar-refractivity contribution is 5.88. The minimum absolute atomic E-state index is 0.106. The van der Waals surface area contributed by atoms with Gasteiger partial charge in [-0.2, -0.15) is 0 Å². The number of alkyl halides is 2. The van der Waals surface area contributed by atoms with Crippen LogP contribution in [0.5, 0.6) is 0 Å². The first-order chi connectivity index (χ1) is 6.16. The van der Waals surface area contributed by atoms with Crippen molar-refractivity contribution in [2.24, 2.45) is 0 Å². The summed E-state index contributed by atoms with van der Waals surface area (Å²) in [7, 11) is 0. The molecule has 0 saturated heterocycles. The van der Waals surface area contributed by atoms with E-state index in [1.54, 1.807) is 6.92 Å². The largest absolute Gasteiger partial charge is 0.461 e. The number of aromatic nitrogens is 1. The average molecular weight is 191 g/mol. The van der Waals surface area contributed by atoms with E-state index in [1.807, 2.05) is 0 Å². The zero-order valence-electron chi connectivity index (χ0n) is 6.79. The molecule has 4 nitrogen and oxygen atoms in total. The van der Waals surface area contributed by atoms with Crippen LogP contribution in [0.1, 0.15) is 29.6 Å². The lowest BCUT2D eigenvalue weighted by Crippen LogP contribution is -2.07. The van der Waals surface area contributed by atoms with Crippen LogP contribution in [-0.2, 0) is 4.74 Å². The third-order valence-corrected chi connectivity index (χ3v) is 1.26. The number of hydrogen-bond donors (Lipinski definition) is 0. The first-order valence-electron chi connectivity index (χ1n) is 3.55. The lowest BCUT2D eigenvalue weighted by Gasteiger charge is -1.99. The number of halogens is 2. The molecule has 0 amide bonds. The molecule has 0 atom stereocenters. The van der Waals surface area contributed by atoms with Crippen molar-refractivity contribution < 1.29 is 22.7 Å². The van der Waals surface area contributed by atoms with Crippen LogP contribution in [0.3, 0.4) is 0 Å². The summed E-state index contributed by atoms with van der Waals surface area (Å²) in [5, 5.41) is 0. The second-order valence-electron chi connectivity index (χ2n) is 2.09. The highest BCUT2D eigenvalue weighted by Gasteiger charge is 2.24. The van der Waals surface area contributed by atoms with Gasteiger partial charge in [0, 0.05) is 0 Å². The Bertz CT molecular complexity index is 298. The van der Waals surface area contributed by atoms with Gasteiger partial charge in [-0.15, -0.1) is 0 Å². The number of nitrogens with zero attached hydrogens (tertiary/aromatic N) is 1. The number of rotatable bonds is 3. The van der Waals surface area contributed by atoms with Crippen molar-refractivity contribution in [2.45, 2.75) is 13.3 Å². The van der Waals surface area contributed by atoms with E-state index < -0.39 is 23.8 Å². The summed E-state index contributed by atoms with van der Waals surface area (Å²) in [6, 6.07) is 0. The van der Waals surface area contributed by atoms with Crippen LogP contribution in [0.25, 0.3) is 0 Å². The molecule has 0 fully saturated rings. The van der Waals surface area contributed by atoms with E-state index in [9.17, 15) is 13.6 Å². The molecule has 72 valence electrons. The first kappa shape index (κ1) is 9.63. The molecule has 0 N–H and O–H groups in total. The topological polar surface area (TPSA) is 52.3 Å². The molecule has 0 bridgehead atoms. The Balaban J connectivity index is 2.87. The van der Waals surface area contributed by atoms with Gasteiger partial charge < -0.3 is 9.15 Å². The Hall–Kier alpha value is -1.46. The molecule has 0 spiro atoms. The number of carbonyl (C=O) groups excluding carboxylic acids is 1. The minimum Gasteiger partial charge on any atom is -0.461 e. The van der Waals surface area contributed by atoms with Gasteiger partial charge in [-0.05, 0) is 6.92 Å². The summed E-state index contributed by atoms with van der Waals surface area (Å²) < 4.78 is 33.1. The van der Waals surface area contributed by atoms with Crippen LogP contribution in [-0.4, -0.2) is 17.6 Å². The van der Waals surface area contributed by atoms with E-state index in [0.29, 0.717) is 0 Å². The van der Waals surface area contributed by atoms with Gasteiger partial charge in [-0.3, -0.25) is 0 Å². The molecule has 0 aliphatic rings. The zero-order valence-corrected chi connectivity index (χ0v) is 6.79. The first-order valence-corrected chi connectivity index (χ1v) is 3.55. The molecule has 0 aliphatic carbocycles. The SMILES string of the molecule is CCOC(=O)c1ncoc1C(F)F. The average Bonchev–Trinajstić information content (AvgIpc) is 2.52. The Morgan fingerprint density at radius 3 is 3.00 bits per heavy atom. The summed E-state index contributed by atoms with van der Waals surface area (Å²) >= 11 is 0. The number of ether oxygens (including phenoxy) is 1. The fourth-order valence-corrected chi connectivity index (χ4v) is 0.763. The number of carbonyl (C=O) groups is 1. The number of hydrogen-bond acceptors (Lipinski definition) is 4. The molecule has 0 aromatic carbocycles. The molecule has 1 aromatic heterocycles. The van der Waals surface area contributed by atoms with Gasteiger partial charge in [0.15, 0.2) is 12.1 Å². The monoisotopic (exact) mass is 191 g/mol. The lowest BCUT2D eigenvalue weighted by molar-refractivity contribution is 0.0501. The van der Waals surface area contributed by atoms with Gasteiger partial charge in [-0.25, -0.2) is 18.6 Å². The summed E-state index contributed by atoms with van der Waals surface area (Å²) in [5.41, 5.74) is -0.461. The van der Waals surface area contributed by atoms with Crippen molar-refractivity contribution in [1.29, 1.82) is 0 Å². The van der Waals surface area contributed by atoms with Gasteiger partial charge in [0.2, 0.25) is 5.76 Å². The third-order valence-electron chi connectivity index (χ3n) is 1.26. The van der Waals surface area contributed by atoms with Gasteiger partial charge in [-0.1, -0.05) is 0 Å². The summed E-state index contributed by atoms with van der Waals surface area (Å²) in [6.07, 6.45) is -2.07. The smallest absolute Gasteiger partial charge is 0.360 e. The Kier molecular flexibility index (Phi) is 2.94. The molecule has 6 heteroatoms. The second kappa shape index (κ2) is 3.97. The van der Waals surface area contributed by atoms with Gasteiger partial charge >= 0.3 is 5.97 Å². The Morgan fingerprint density at radius 1 is 1.77 bits per heavy atom. The number of oxazole rings is 1. The predicted octanol–water partition coefficient (Wildman–Crippen LogP) is 1.79. The molecular formula is C7H7F2NO3. The molecule has 0 saturated carbocycles. The van der Waals surface area contributed by atoms with Crippen molar-refractivity contribution in [3.63, 3.8) is 0 Å². The second-order valence-corrected chi connectivity index (χ2v) is 2.09. The van der Waals surface area contributed by atoms with E-state index in [1.165, 1.54) is 0 Å². The maximum absolute atomic E-state index is 12.1. The molecule has 1 heterocycles. The molecular weight excluding hydrogens is 184 g/mol. The number of esters is 1. The van der Waals surface area contributed by atoms with E-state index in [4.69, 9.17) is 0 Å². The minimum atomic E-state index is -2.86. The van der Waals surface area contributed by atoms with Crippen LogP contribution in [0, 0.1) is 0 Å². The summed E-state index contributed by atoms with van der Waals surface area (Å²) in [4.78, 5) is 14.3. The molecule has 13 heavy (non-hydrogen) atoms. The van der Waals surface area contributed by atoms with Crippen LogP contribution >= 0.6 is 0 Å². The predicted molar refractivity (Wildman–Crippen MR) is 37.4 cm³/mol. The van der Waals surface area contributed by atoms with Crippen molar-refractivity contribution in [1.82, 2.24) is 4.98 Å². The Labute approximate surface area is 72.5 Å². The van der Waals surface area contributed by atoms with Gasteiger partial charge in [0.25, 0.3) is 6.43 Å². The highest BCUT2D eigenvalue weighted by Crippen LogP contribution is 2.22. The molecule has 0 radical (unpaired) electrons. The fourth-order valence-electron chi connectivity index (χ4n) is 0.763. The summed E-state index contributed by atoms with van der Waals surface area (Å²) in [5.74, 6) is -1.65. The van der Waals surface area contributed by atoms with E-state index in [0.717, 1.165) is 6.39 Å². The zero-order chi connectivity index (χ0) is 9.84.